The van der Waals surface area contributed by atoms with Crippen LogP contribution in [0.15, 0.2) is 0 Å². The number of β-amino-alcohol motifs (C(OH)–C–C–N with tert-alkyl or cyclic N) is 1. The molecular weight excluding hydrogens is 210 g/mol. The summed E-state index contributed by atoms with van der Waals surface area (Å²) in [6, 6.07) is 0. The van der Waals surface area contributed by atoms with Crippen molar-refractivity contribution in [3.8, 4) is 0 Å². The summed E-state index contributed by atoms with van der Waals surface area (Å²) in [7, 11) is 1.69. The third-order valence-corrected chi connectivity index (χ3v) is 3.11. The molecule has 2 unspecified atom stereocenters. The summed E-state index contributed by atoms with van der Waals surface area (Å²) in [5, 5.41) is 18.1. The maximum atomic E-state index is 10.4. The lowest BCUT2D eigenvalue weighted by Crippen LogP contribution is -2.49. The summed E-state index contributed by atoms with van der Waals surface area (Å²) in [6.07, 6.45) is 1.04. The Morgan fingerprint density at radius 3 is 2.88 bits per heavy atom. The van der Waals surface area contributed by atoms with Crippen molar-refractivity contribution in [2.75, 3.05) is 26.7 Å². The Labute approximate surface area is 96.0 Å². The topological polar surface area (TPSA) is 70.0 Å². The molecule has 0 aromatic carbocycles. The minimum atomic E-state index is -0.959. The number of aliphatic hydroxyl groups excluding tert-OH is 1. The Hall–Kier alpha value is -0.650. The van der Waals surface area contributed by atoms with E-state index < -0.39 is 12.1 Å². The number of aliphatic carboxylic acids is 1. The summed E-state index contributed by atoms with van der Waals surface area (Å²) < 4.78 is 5.43. The Balaban J connectivity index is 2.39. The van der Waals surface area contributed by atoms with E-state index in [-0.39, 0.29) is 12.0 Å². The van der Waals surface area contributed by atoms with Crippen molar-refractivity contribution in [3.05, 3.63) is 0 Å². The van der Waals surface area contributed by atoms with Crippen LogP contribution in [-0.4, -0.2) is 59.5 Å². The molecular formula is C11H21NO4. The van der Waals surface area contributed by atoms with Crippen LogP contribution in [0.2, 0.25) is 0 Å². The average Bonchev–Trinajstić information content (AvgIpc) is 2.16. The van der Waals surface area contributed by atoms with Crippen molar-refractivity contribution < 1.29 is 19.7 Å². The fraction of sp³-hybridized carbons (Fsp3) is 0.909. The molecule has 16 heavy (non-hydrogen) atoms. The molecule has 94 valence electrons. The number of hydrogen-bond donors (Lipinski definition) is 2. The summed E-state index contributed by atoms with van der Waals surface area (Å²) in [5.41, 5.74) is -0.165. The first-order chi connectivity index (χ1) is 7.45. The number of nitrogens with zero attached hydrogens (tertiary/aromatic N) is 1. The lowest BCUT2D eigenvalue weighted by atomic mass is 9.94. The minimum absolute atomic E-state index is 0.165. The van der Waals surface area contributed by atoms with Gasteiger partial charge in [-0.15, -0.1) is 0 Å². The number of carboxylic acid groups (broad SMARTS) is 1. The second-order valence-electron chi connectivity index (χ2n) is 4.74. The number of likely N-dealkylation sites (tertiary alicyclic amines) is 1. The highest BCUT2D eigenvalue weighted by atomic mass is 16.5. The first-order valence-electron chi connectivity index (χ1n) is 5.62. The Bertz CT molecular complexity index is 246. The predicted octanol–water partition coefficient (Wildman–Crippen LogP) is 0.323. The molecule has 1 rings (SSSR count). The van der Waals surface area contributed by atoms with Crippen LogP contribution in [0.5, 0.6) is 0 Å². The van der Waals surface area contributed by atoms with Gasteiger partial charge in [0.2, 0.25) is 0 Å². The van der Waals surface area contributed by atoms with Crippen molar-refractivity contribution in [1.29, 1.82) is 0 Å². The van der Waals surface area contributed by atoms with Gasteiger partial charge in [0.05, 0.1) is 18.1 Å². The molecule has 1 saturated heterocycles. The van der Waals surface area contributed by atoms with Crippen LogP contribution in [-0.2, 0) is 9.53 Å². The number of carboxylic acids is 1. The van der Waals surface area contributed by atoms with Crippen molar-refractivity contribution in [1.82, 2.24) is 4.90 Å². The largest absolute Gasteiger partial charge is 0.481 e. The van der Waals surface area contributed by atoms with E-state index in [1.54, 1.807) is 7.11 Å². The normalized spacial score (nSPS) is 28.9. The molecule has 0 amide bonds. The van der Waals surface area contributed by atoms with Crippen molar-refractivity contribution in [2.45, 2.75) is 37.9 Å². The number of methoxy groups -OCH3 is 1. The zero-order valence-electron chi connectivity index (χ0n) is 9.98. The van der Waals surface area contributed by atoms with Crippen LogP contribution in [0, 0.1) is 0 Å². The molecule has 0 radical (unpaired) electrons. The maximum Gasteiger partial charge on any atom is 0.306 e. The number of aliphatic hydroxyl groups is 1. The van der Waals surface area contributed by atoms with Gasteiger partial charge in [0, 0.05) is 20.2 Å². The first-order valence-corrected chi connectivity index (χ1v) is 5.62. The van der Waals surface area contributed by atoms with E-state index in [0.717, 1.165) is 25.9 Å². The second kappa shape index (κ2) is 5.61. The number of rotatable bonds is 5. The molecule has 0 aromatic heterocycles. The van der Waals surface area contributed by atoms with Gasteiger partial charge in [0.1, 0.15) is 0 Å². The second-order valence-corrected chi connectivity index (χ2v) is 4.74. The van der Waals surface area contributed by atoms with E-state index in [0.29, 0.717) is 6.54 Å². The molecule has 0 bridgehead atoms. The van der Waals surface area contributed by atoms with Crippen LogP contribution >= 0.6 is 0 Å². The average molecular weight is 231 g/mol. The number of ether oxygens (including phenoxy) is 1. The van der Waals surface area contributed by atoms with Gasteiger partial charge in [-0.2, -0.15) is 0 Å². The van der Waals surface area contributed by atoms with E-state index in [1.807, 2.05) is 6.92 Å². The third kappa shape index (κ3) is 4.08. The molecule has 0 spiro atoms. The van der Waals surface area contributed by atoms with Gasteiger partial charge in [-0.3, -0.25) is 9.69 Å². The molecule has 5 nitrogen and oxygen atoms in total. The first kappa shape index (κ1) is 13.4. The number of carbonyl (C=O) groups is 1. The monoisotopic (exact) mass is 231 g/mol. The highest BCUT2D eigenvalue weighted by molar-refractivity contribution is 5.67. The Morgan fingerprint density at radius 2 is 2.31 bits per heavy atom. The molecule has 0 saturated carbocycles. The third-order valence-electron chi connectivity index (χ3n) is 3.11. The van der Waals surface area contributed by atoms with Crippen molar-refractivity contribution in [2.24, 2.45) is 0 Å². The standard InChI is InChI=1S/C11H21NO4/c1-11(16-2)4-3-5-12(8-11)7-9(13)6-10(14)15/h9,13H,3-8H2,1-2H3,(H,14,15). The van der Waals surface area contributed by atoms with E-state index in [2.05, 4.69) is 4.90 Å². The van der Waals surface area contributed by atoms with Gasteiger partial charge in [0.25, 0.3) is 0 Å². The van der Waals surface area contributed by atoms with Crippen LogP contribution in [0.4, 0.5) is 0 Å². The molecule has 0 aliphatic carbocycles. The van der Waals surface area contributed by atoms with Gasteiger partial charge in [-0.1, -0.05) is 0 Å². The number of piperidine rings is 1. The lowest BCUT2D eigenvalue weighted by molar-refractivity contribution is -0.139. The van der Waals surface area contributed by atoms with Gasteiger partial charge in [-0.05, 0) is 26.3 Å². The van der Waals surface area contributed by atoms with Crippen molar-refractivity contribution in [3.63, 3.8) is 0 Å². The molecule has 1 fully saturated rings. The predicted molar refractivity (Wildman–Crippen MR) is 59.3 cm³/mol. The van der Waals surface area contributed by atoms with E-state index in [9.17, 15) is 9.90 Å². The molecule has 1 heterocycles. The molecule has 2 atom stereocenters. The molecule has 2 N–H and O–H groups in total. The number of hydrogen-bond acceptors (Lipinski definition) is 4. The van der Waals surface area contributed by atoms with Crippen LogP contribution in [0.3, 0.4) is 0 Å². The van der Waals surface area contributed by atoms with Gasteiger partial charge in [-0.25, -0.2) is 0 Å². The van der Waals surface area contributed by atoms with Gasteiger partial charge >= 0.3 is 5.97 Å². The van der Waals surface area contributed by atoms with Crippen LogP contribution in [0.25, 0.3) is 0 Å². The zero-order chi connectivity index (χ0) is 12.2. The maximum absolute atomic E-state index is 10.4. The smallest absolute Gasteiger partial charge is 0.306 e. The summed E-state index contributed by atoms with van der Waals surface area (Å²) in [6.45, 7) is 4.10. The van der Waals surface area contributed by atoms with E-state index in [1.165, 1.54) is 0 Å². The molecule has 5 heteroatoms. The highest BCUT2D eigenvalue weighted by Crippen LogP contribution is 2.23. The Morgan fingerprint density at radius 1 is 1.62 bits per heavy atom. The molecule has 0 aromatic rings. The van der Waals surface area contributed by atoms with Crippen molar-refractivity contribution >= 4 is 5.97 Å². The summed E-state index contributed by atoms with van der Waals surface area (Å²) in [4.78, 5) is 12.5. The zero-order valence-corrected chi connectivity index (χ0v) is 9.98. The van der Waals surface area contributed by atoms with E-state index >= 15 is 0 Å². The molecule has 1 aliphatic heterocycles. The van der Waals surface area contributed by atoms with Gasteiger partial charge in [0.15, 0.2) is 0 Å². The SMILES string of the molecule is COC1(C)CCCN(CC(O)CC(=O)O)C1. The fourth-order valence-electron chi connectivity index (χ4n) is 2.19. The van der Waals surface area contributed by atoms with Crippen LogP contribution in [0.1, 0.15) is 26.2 Å². The summed E-state index contributed by atoms with van der Waals surface area (Å²) in [5.74, 6) is -0.959. The van der Waals surface area contributed by atoms with Crippen LogP contribution < -0.4 is 0 Å². The minimum Gasteiger partial charge on any atom is -0.481 e. The van der Waals surface area contributed by atoms with Gasteiger partial charge < -0.3 is 14.9 Å². The lowest BCUT2D eigenvalue weighted by Gasteiger charge is -2.40. The van der Waals surface area contributed by atoms with E-state index in [4.69, 9.17) is 9.84 Å². The highest BCUT2D eigenvalue weighted by Gasteiger charge is 2.31. The fourth-order valence-corrected chi connectivity index (χ4v) is 2.19. The Kier molecular flexibility index (Phi) is 4.70. The summed E-state index contributed by atoms with van der Waals surface area (Å²) >= 11 is 0. The molecule has 1 aliphatic rings. The quantitative estimate of drug-likeness (QED) is 0.713.